The molecule has 103 heavy (non-hydrogen) atoms. The van der Waals surface area contributed by atoms with Crippen molar-refractivity contribution in [3.63, 3.8) is 0 Å². The molecule has 0 fully saturated rings. The summed E-state index contributed by atoms with van der Waals surface area (Å²) in [4.78, 5) is 166. The molecule has 28 N–H and O–H groups in total. The Labute approximate surface area is 597 Å². The van der Waals surface area contributed by atoms with Crippen LogP contribution in [0.4, 0.5) is 0 Å². The molecule has 33 nitrogen and oxygen atoms in total. The highest BCUT2D eigenvalue weighted by atomic mass is 16.2. The Morgan fingerprint density at radius 1 is 0.388 bits per heavy atom. The van der Waals surface area contributed by atoms with E-state index in [-0.39, 0.29) is 108 Å². The van der Waals surface area contributed by atoms with Crippen molar-refractivity contribution in [2.24, 2.45) is 72.7 Å². The minimum atomic E-state index is -1.50. The van der Waals surface area contributed by atoms with Gasteiger partial charge in [0.2, 0.25) is 59.1 Å². The van der Waals surface area contributed by atoms with Crippen LogP contribution in [0.1, 0.15) is 116 Å². The zero-order chi connectivity index (χ0) is 75.3. The Kier molecular flexibility index (Phi) is 31.6. The van der Waals surface area contributed by atoms with Crippen LogP contribution >= 0.6 is 0 Å². The molecule has 10 atom stereocenters. The van der Waals surface area contributed by atoms with Crippen LogP contribution in [0.15, 0.2) is 106 Å². The summed E-state index contributed by atoms with van der Waals surface area (Å²) in [6.45, 7) is 8.60. The number of amides is 10. The van der Waals surface area contributed by atoms with Crippen LogP contribution in [0.3, 0.4) is 0 Å². The topological polar surface area (TPSA) is 572 Å². The van der Waals surface area contributed by atoms with Crippen LogP contribution < -0.4 is 93.7 Å². The number of nitrogens with one attached hydrogen (secondary N) is 12. The number of aromatic amines is 3. The van der Waals surface area contributed by atoms with Crippen molar-refractivity contribution < 1.29 is 47.9 Å². The number of hydrogen-bond donors (Lipinski definition) is 20. The molecule has 0 bridgehead atoms. The number of nitrogens with two attached hydrogens (primary N) is 8. The van der Waals surface area contributed by atoms with Crippen LogP contribution in [0.2, 0.25) is 0 Å². The molecule has 3 aromatic heterocycles. The van der Waals surface area contributed by atoms with Gasteiger partial charge in [-0.1, -0.05) is 88.7 Å². The standard InChI is InChI=1S/C70H103N23O10/c1-6-39(4)58(85-40(5)94)67(103)92-56(34-43-37-84-49-23-12-9-20-46(43)49)65(101)89-53(27-17-31-81-70(77)78)62(98)93-57(38(2)3)66(102)91-55(33-42-36-83-48-22-11-8-19-45(42)48)64(100)88-51(25-15-29-79-68(73)74)60(96)87-52(26-16-30-80-69(75)76)61(97)90-54(32-41-35-82-47-21-10-7-18-44(41)47)63(99)86-50(59(72)95)24-13-14-28-71/h7-12,18-23,35-39,50-58,82-84H,6,13-17,24-34,71H2,1-5H3,(H2,72,95)(H,85,94)(H,86,99)(H,87,96)(H,88,100)(H,89,101)(H,90,97)(H,91,102)(H,92,103)(H,93,98)(H4,73,74,79)(H4,75,76,80)(H4,77,78,81)/t39-,50-,51-,52-,53-,54-,55-,56-,57-,58-/m0/s1. The first-order chi connectivity index (χ1) is 49.2. The molecule has 0 saturated carbocycles. The summed E-state index contributed by atoms with van der Waals surface area (Å²) in [5, 5.41) is 27.3. The van der Waals surface area contributed by atoms with Gasteiger partial charge in [0.1, 0.15) is 54.4 Å². The number of carbonyl (C=O) groups is 10. The van der Waals surface area contributed by atoms with Crippen LogP contribution in [0.5, 0.6) is 0 Å². The third-order valence-corrected chi connectivity index (χ3v) is 17.6. The highest BCUT2D eigenvalue weighted by Crippen LogP contribution is 2.24. The Balaban J connectivity index is 1.32. The SMILES string of the molecule is CC[C@H](C)[C@H](NC(C)=O)C(=O)N[C@@H](Cc1c[nH]c2ccccc12)C(=O)N[C@@H](CCCN=C(N)N)C(=O)N[C@H](C(=O)N[C@@H](Cc1c[nH]c2ccccc12)C(=O)N[C@@H](CCCN=C(N)N)C(=O)N[C@@H](CCCN=C(N)N)C(=O)N[C@@H](Cc1c[nH]c2ccccc12)C(=O)N[C@@H](CCCCN)C(N)=O)C(C)C. The smallest absolute Gasteiger partial charge is 0.243 e. The molecule has 0 unspecified atom stereocenters. The van der Waals surface area contributed by atoms with E-state index in [2.05, 4.69) is 77.8 Å². The minimum Gasteiger partial charge on any atom is -0.370 e. The number of unbranched alkanes of at least 4 members (excludes halogenated alkanes) is 1. The maximum atomic E-state index is 15.3. The van der Waals surface area contributed by atoms with Gasteiger partial charge in [-0.3, -0.25) is 62.9 Å². The Morgan fingerprint density at radius 3 is 1.03 bits per heavy atom. The molecule has 0 spiro atoms. The van der Waals surface area contributed by atoms with E-state index in [0.717, 1.165) is 21.8 Å². The molecule has 0 saturated heterocycles. The van der Waals surface area contributed by atoms with Crippen LogP contribution in [-0.4, -0.2) is 172 Å². The highest BCUT2D eigenvalue weighted by Gasteiger charge is 2.37. The normalized spacial score (nSPS) is 14.2. The summed E-state index contributed by atoms with van der Waals surface area (Å²) in [7, 11) is 0. The minimum absolute atomic E-state index is 0.00867. The monoisotopic (exact) mass is 1430 g/mol. The fourth-order valence-corrected chi connectivity index (χ4v) is 11.9. The number of benzene rings is 3. The van der Waals surface area contributed by atoms with E-state index >= 15 is 14.4 Å². The Bertz CT molecular complexity index is 3960. The molecule has 0 aliphatic rings. The number of aromatic nitrogens is 3. The molecule has 6 aromatic rings. The van der Waals surface area contributed by atoms with Crippen molar-refractivity contribution in [3.05, 3.63) is 108 Å². The van der Waals surface area contributed by atoms with Crippen LogP contribution in [0, 0.1) is 11.8 Å². The zero-order valence-corrected chi connectivity index (χ0v) is 59.1. The zero-order valence-electron chi connectivity index (χ0n) is 59.1. The van der Waals surface area contributed by atoms with Gasteiger partial charge in [-0.25, -0.2) is 0 Å². The lowest BCUT2D eigenvalue weighted by atomic mass is 9.97. The summed E-state index contributed by atoms with van der Waals surface area (Å²) in [6, 6.07) is 9.84. The van der Waals surface area contributed by atoms with Gasteiger partial charge in [0.15, 0.2) is 17.9 Å². The number of H-pyrrole nitrogens is 3. The fraction of sp³-hybridized carbons (Fsp3) is 0.471. The first kappa shape index (κ1) is 80.7. The third kappa shape index (κ3) is 25.1. The van der Waals surface area contributed by atoms with Crippen molar-refractivity contribution >= 4 is 110 Å². The Hall–Kier alpha value is -11.3. The lowest BCUT2D eigenvalue weighted by Crippen LogP contribution is -2.61. The third-order valence-electron chi connectivity index (χ3n) is 17.6. The molecule has 6 rings (SSSR count). The largest absolute Gasteiger partial charge is 0.370 e. The number of aliphatic imine (C=N–C) groups is 3. The second-order valence-electron chi connectivity index (χ2n) is 25.9. The summed E-state index contributed by atoms with van der Waals surface area (Å²) >= 11 is 0. The average molecular weight is 1430 g/mol. The second-order valence-corrected chi connectivity index (χ2v) is 25.9. The van der Waals surface area contributed by atoms with E-state index in [1.54, 1.807) is 45.4 Å². The van der Waals surface area contributed by atoms with Crippen molar-refractivity contribution in [3.8, 4) is 0 Å². The maximum Gasteiger partial charge on any atom is 0.243 e. The molecule has 0 aliphatic heterocycles. The lowest BCUT2D eigenvalue weighted by Gasteiger charge is -2.29. The van der Waals surface area contributed by atoms with E-state index < -0.39 is 119 Å². The number of para-hydroxylation sites is 3. The number of fused-ring (bicyclic) bond motifs is 3. The van der Waals surface area contributed by atoms with Gasteiger partial charge in [-0.05, 0) is 111 Å². The molecule has 558 valence electrons. The van der Waals surface area contributed by atoms with E-state index in [4.69, 9.17) is 45.9 Å². The van der Waals surface area contributed by atoms with Crippen LogP contribution in [0.25, 0.3) is 32.7 Å². The van der Waals surface area contributed by atoms with Crippen molar-refractivity contribution in [1.82, 2.24) is 62.8 Å². The second kappa shape index (κ2) is 40.3. The highest BCUT2D eigenvalue weighted by molar-refractivity contribution is 6.00. The predicted octanol–water partition coefficient (Wildman–Crippen LogP) is -0.981. The van der Waals surface area contributed by atoms with Gasteiger partial charge in [0.25, 0.3) is 0 Å². The van der Waals surface area contributed by atoms with Crippen molar-refractivity contribution in [1.29, 1.82) is 0 Å². The number of carbonyl (C=O) groups excluding carboxylic acids is 10. The molecular formula is C70H103N23O10. The summed E-state index contributed by atoms with van der Waals surface area (Å²) < 4.78 is 0. The van der Waals surface area contributed by atoms with Gasteiger partial charge >= 0.3 is 0 Å². The quantitative estimate of drug-likeness (QED) is 0.0124. The van der Waals surface area contributed by atoms with Crippen molar-refractivity contribution in [2.45, 2.75) is 172 Å². The first-order valence-corrected chi connectivity index (χ1v) is 34.7. The molecule has 3 heterocycles. The average Bonchev–Trinajstić information content (AvgIpc) is 1.74. The van der Waals surface area contributed by atoms with Crippen molar-refractivity contribution in [2.75, 3.05) is 26.2 Å². The van der Waals surface area contributed by atoms with E-state index in [1.807, 2.05) is 73.7 Å². The fourth-order valence-electron chi connectivity index (χ4n) is 11.9. The van der Waals surface area contributed by atoms with Gasteiger partial charge in [0.05, 0.1) is 0 Å². The number of nitrogens with zero attached hydrogens (tertiary/aromatic N) is 3. The predicted molar refractivity (Wildman–Crippen MR) is 395 cm³/mol. The van der Waals surface area contributed by atoms with Gasteiger partial charge in [-0.15, -0.1) is 0 Å². The van der Waals surface area contributed by atoms with E-state index in [1.165, 1.54) is 6.92 Å². The summed E-state index contributed by atoms with van der Waals surface area (Å²) in [5.41, 5.74) is 49.6. The van der Waals surface area contributed by atoms with E-state index in [0.29, 0.717) is 53.4 Å². The van der Waals surface area contributed by atoms with Crippen LogP contribution in [-0.2, 0) is 67.2 Å². The number of hydrogen-bond acceptors (Lipinski definition) is 14. The number of guanidine groups is 3. The van der Waals surface area contributed by atoms with Gasteiger partial charge < -0.3 is 109 Å². The molecule has 0 radical (unpaired) electrons. The lowest BCUT2D eigenvalue weighted by molar-refractivity contribution is -0.136. The van der Waals surface area contributed by atoms with Gasteiger partial charge in [-0.2, -0.15) is 0 Å². The summed E-state index contributed by atoms with van der Waals surface area (Å²) in [5.74, 6) is -9.45. The maximum absolute atomic E-state index is 15.3. The number of rotatable bonds is 43. The molecule has 3 aromatic carbocycles. The summed E-state index contributed by atoms with van der Waals surface area (Å²) in [6.07, 6.45) is 6.41. The molecule has 33 heteroatoms. The first-order valence-electron chi connectivity index (χ1n) is 34.7. The van der Waals surface area contributed by atoms with E-state index in [9.17, 15) is 33.6 Å². The number of primary amides is 1. The molecule has 10 amide bonds. The van der Waals surface area contributed by atoms with Gasteiger partial charge in [0, 0.05) is 97.1 Å². The Morgan fingerprint density at radius 2 is 0.699 bits per heavy atom. The molecule has 0 aliphatic carbocycles. The molecular weight excluding hydrogens is 1320 g/mol.